The fraction of sp³-hybridized carbons (Fsp3) is 0.364. The Morgan fingerprint density at radius 2 is 2.47 bits per heavy atom. The van der Waals surface area contributed by atoms with Crippen molar-refractivity contribution in [3.63, 3.8) is 0 Å². The lowest BCUT2D eigenvalue weighted by Gasteiger charge is -2.24. The second-order valence-corrected chi connectivity index (χ2v) is 3.42. The van der Waals surface area contributed by atoms with Crippen LogP contribution < -0.4 is 4.74 Å². The minimum absolute atomic E-state index is 0.0728. The van der Waals surface area contributed by atoms with Crippen molar-refractivity contribution >= 4 is 6.08 Å². The van der Waals surface area contributed by atoms with Crippen molar-refractivity contribution in [2.24, 2.45) is 4.99 Å². The van der Waals surface area contributed by atoms with E-state index in [2.05, 4.69) is 4.99 Å². The number of nitrogens with zero attached hydrogens (tertiary/aromatic N) is 1. The summed E-state index contributed by atoms with van der Waals surface area (Å²) in [4.78, 5) is 13.5. The molecule has 0 bridgehead atoms. The van der Waals surface area contributed by atoms with Crippen LogP contribution >= 0.6 is 0 Å². The van der Waals surface area contributed by atoms with Crippen LogP contribution in [-0.4, -0.2) is 19.2 Å². The first-order valence-electron chi connectivity index (χ1n) is 4.77. The summed E-state index contributed by atoms with van der Waals surface area (Å²) < 4.78 is 18.9. The molecule has 15 heavy (non-hydrogen) atoms. The Labute approximate surface area is 86.6 Å². The zero-order chi connectivity index (χ0) is 10.7. The van der Waals surface area contributed by atoms with Crippen LogP contribution in [0.25, 0.3) is 0 Å². The van der Waals surface area contributed by atoms with E-state index in [1.807, 2.05) is 0 Å². The van der Waals surface area contributed by atoms with E-state index in [0.717, 1.165) is 0 Å². The molecule has 78 valence electrons. The zero-order valence-corrected chi connectivity index (χ0v) is 8.07. The number of benzene rings is 1. The molecule has 0 amide bonds. The summed E-state index contributed by atoms with van der Waals surface area (Å²) in [5.41, 5.74) is 0.530. The monoisotopic (exact) mass is 207 g/mol. The summed E-state index contributed by atoms with van der Waals surface area (Å²) in [5.74, 6) is 0.196. The molecule has 0 saturated carbocycles. The van der Waals surface area contributed by atoms with Gasteiger partial charge in [-0.3, -0.25) is 0 Å². The number of fused-ring (bicyclic) bond motifs is 1. The molecule has 0 N–H and O–H groups in total. The van der Waals surface area contributed by atoms with Gasteiger partial charge < -0.3 is 4.74 Å². The zero-order valence-electron chi connectivity index (χ0n) is 8.07. The van der Waals surface area contributed by atoms with Crippen molar-refractivity contribution in [3.05, 3.63) is 29.6 Å². The molecular weight excluding hydrogens is 197 g/mol. The van der Waals surface area contributed by atoms with Crippen molar-refractivity contribution in [1.82, 2.24) is 0 Å². The number of hydrogen-bond acceptors (Lipinski definition) is 3. The summed E-state index contributed by atoms with van der Waals surface area (Å²) in [6.07, 6.45) is 2.16. The number of rotatable bonds is 2. The summed E-state index contributed by atoms with van der Waals surface area (Å²) in [7, 11) is 0. The first-order chi connectivity index (χ1) is 7.33. The molecule has 0 spiro atoms. The fourth-order valence-corrected chi connectivity index (χ4v) is 1.82. The van der Waals surface area contributed by atoms with E-state index in [0.29, 0.717) is 24.3 Å². The van der Waals surface area contributed by atoms with E-state index in [1.54, 1.807) is 12.1 Å². The summed E-state index contributed by atoms with van der Waals surface area (Å²) in [5, 5.41) is 0. The topological polar surface area (TPSA) is 38.7 Å². The normalized spacial score (nSPS) is 18.6. The molecule has 0 radical (unpaired) electrons. The quantitative estimate of drug-likeness (QED) is 0.549. The van der Waals surface area contributed by atoms with Gasteiger partial charge in [-0.15, -0.1) is 0 Å². The Balaban J connectivity index is 2.36. The Hall–Kier alpha value is -1.67. The molecule has 0 aromatic heterocycles. The molecule has 1 atom stereocenters. The molecule has 1 aliphatic rings. The number of hydrogen-bond donors (Lipinski definition) is 0. The predicted octanol–water partition coefficient (Wildman–Crippen LogP) is 2.03. The Morgan fingerprint density at radius 1 is 1.60 bits per heavy atom. The number of carbonyl (C=O) groups excluding carboxylic acids is 1. The second kappa shape index (κ2) is 4.24. The summed E-state index contributed by atoms with van der Waals surface area (Å²) in [6, 6.07) is 4.74. The second-order valence-electron chi connectivity index (χ2n) is 3.42. The van der Waals surface area contributed by atoms with Crippen molar-refractivity contribution in [1.29, 1.82) is 0 Å². The molecule has 0 fully saturated rings. The van der Waals surface area contributed by atoms with E-state index in [1.165, 1.54) is 12.1 Å². The van der Waals surface area contributed by atoms with Crippen LogP contribution in [0.15, 0.2) is 23.2 Å². The van der Waals surface area contributed by atoms with Gasteiger partial charge in [-0.2, -0.15) is 0 Å². The highest BCUT2D eigenvalue weighted by Crippen LogP contribution is 2.35. The van der Waals surface area contributed by atoms with Crippen LogP contribution in [0.5, 0.6) is 5.75 Å². The fourth-order valence-electron chi connectivity index (χ4n) is 1.82. The van der Waals surface area contributed by atoms with Crippen molar-refractivity contribution < 1.29 is 13.9 Å². The molecular formula is C11H10FNO2. The molecule has 0 aliphatic carbocycles. The maximum Gasteiger partial charge on any atom is 0.234 e. The van der Waals surface area contributed by atoms with Gasteiger partial charge in [0.15, 0.2) is 0 Å². The maximum atomic E-state index is 13.5. The highest BCUT2D eigenvalue weighted by atomic mass is 19.1. The van der Waals surface area contributed by atoms with Gasteiger partial charge in [0.05, 0.1) is 13.2 Å². The van der Waals surface area contributed by atoms with Crippen LogP contribution in [0, 0.1) is 5.82 Å². The molecule has 1 aromatic rings. The standard InChI is InChI=1S/C11H10FNO2/c12-9-2-1-3-10-11(9)8(4-5-15-10)6-13-7-14/h1-3,8H,4-6H2. The van der Waals surface area contributed by atoms with Gasteiger partial charge in [0, 0.05) is 11.5 Å². The third kappa shape index (κ3) is 1.90. The number of halogens is 1. The highest BCUT2D eigenvalue weighted by molar-refractivity contribution is 5.40. The molecule has 1 aromatic carbocycles. The molecule has 1 aliphatic heterocycles. The lowest BCUT2D eigenvalue weighted by atomic mass is 9.93. The molecule has 2 rings (SSSR count). The SMILES string of the molecule is O=C=NCC1CCOc2cccc(F)c21. The predicted molar refractivity (Wildman–Crippen MR) is 52.2 cm³/mol. The van der Waals surface area contributed by atoms with E-state index in [4.69, 9.17) is 4.74 Å². The first kappa shape index (κ1) is 9.87. The maximum absolute atomic E-state index is 13.5. The van der Waals surface area contributed by atoms with Crippen LogP contribution in [0.1, 0.15) is 17.9 Å². The van der Waals surface area contributed by atoms with Gasteiger partial charge >= 0.3 is 0 Å². The largest absolute Gasteiger partial charge is 0.493 e. The molecule has 1 heterocycles. The van der Waals surface area contributed by atoms with Crippen LogP contribution in [0.3, 0.4) is 0 Å². The van der Waals surface area contributed by atoms with Gasteiger partial charge in [-0.25, -0.2) is 14.2 Å². The molecule has 0 saturated heterocycles. The third-order valence-electron chi connectivity index (χ3n) is 2.52. The van der Waals surface area contributed by atoms with Crippen LogP contribution in [-0.2, 0) is 4.79 Å². The summed E-state index contributed by atoms with van der Waals surface area (Å²) >= 11 is 0. The van der Waals surface area contributed by atoms with Crippen molar-refractivity contribution in [2.45, 2.75) is 12.3 Å². The van der Waals surface area contributed by atoms with Crippen LogP contribution in [0.2, 0.25) is 0 Å². The number of isocyanates is 1. The Bertz CT molecular complexity index is 413. The Morgan fingerprint density at radius 3 is 3.27 bits per heavy atom. The lowest BCUT2D eigenvalue weighted by molar-refractivity contribution is 0.264. The van der Waals surface area contributed by atoms with Crippen LogP contribution in [0.4, 0.5) is 4.39 Å². The van der Waals surface area contributed by atoms with E-state index >= 15 is 0 Å². The van der Waals surface area contributed by atoms with Gasteiger partial charge in [0.25, 0.3) is 0 Å². The number of ether oxygens (including phenoxy) is 1. The lowest BCUT2D eigenvalue weighted by Crippen LogP contribution is -2.17. The highest BCUT2D eigenvalue weighted by Gasteiger charge is 2.24. The summed E-state index contributed by atoms with van der Waals surface area (Å²) in [6.45, 7) is 0.816. The van der Waals surface area contributed by atoms with Gasteiger partial charge in [0.2, 0.25) is 6.08 Å². The van der Waals surface area contributed by atoms with Crippen molar-refractivity contribution in [2.75, 3.05) is 13.2 Å². The van der Waals surface area contributed by atoms with E-state index in [-0.39, 0.29) is 18.3 Å². The molecule has 3 nitrogen and oxygen atoms in total. The molecule has 4 heteroatoms. The van der Waals surface area contributed by atoms with E-state index < -0.39 is 0 Å². The average Bonchev–Trinajstić information content (AvgIpc) is 2.26. The average molecular weight is 207 g/mol. The van der Waals surface area contributed by atoms with E-state index in [9.17, 15) is 9.18 Å². The van der Waals surface area contributed by atoms with Crippen molar-refractivity contribution in [3.8, 4) is 5.75 Å². The van der Waals surface area contributed by atoms with Gasteiger partial charge in [-0.1, -0.05) is 6.07 Å². The minimum atomic E-state index is -0.293. The smallest absolute Gasteiger partial charge is 0.234 e. The first-order valence-corrected chi connectivity index (χ1v) is 4.77. The third-order valence-corrected chi connectivity index (χ3v) is 2.52. The van der Waals surface area contributed by atoms with Gasteiger partial charge in [-0.05, 0) is 18.6 Å². The van der Waals surface area contributed by atoms with Gasteiger partial charge in [0.1, 0.15) is 11.6 Å². The Kier molecular flexibility index (Phi) is 2.79. The number of aliphatic imine (C=N–C) groups is 1. The minimum Gasteiger partial charge on any atom is -0.493 e. The molecule has 1 unspecified atom stereocenters.